The van der Waals surface area contributed by atoms with E-state index in [0.717, 1.165) is 51.9 Å². The van der Waals surface area contributed by atoms with Crippen LogP contribution in [0.2, 0.25) is 0 Å². The number of aromatic nitrogens is 1. The van der Waals surface area contributed by atoms with Crippen LogP contribution in [-0.2, 0) is 4.79 Å². The molecule has 3 aromatic rings. The first kappa shape index (κ1) is 18.3. The summed E-state index contributed by atoms with van der Waals surface area (Å²) in [5.74, 6) is -0.149. The Morgan fingerprint density at radius 2 is 2.07 bits per heavy atom. The lowest BCUT2D eigenvalue weighted by molar-refractivity contribution is -0.120. The number of fused-ring (bicyclic) bond motifs is 1. The zero-order chi connectivity index (χ0) is 18.8. The number of benzene rings is 2. The summed E-state index contributed by atoms with van der Waals surface area (Å²) in [7, 11) is 0. The number of hydrogen-bond acceptors (Lipinski definition) is 5. The lowest BCUT2D eigenvalue weighted by Crippen LogP contribution is -2.38. The van der Waals surface area contributed by atoms with Gasteiger partial charge in [0.05, 0.1) is 10.2 Å². The average molecular weight is 402 g/mol. The number of rotatable bonds is 4. The molecule has 0 aliphatic carbocycles. The van der Waals surface area contributed by atoms with Gasteiger partial charge in [-0.05, 0) is 55.5 Å². The van der Waals surface area contributed by atoms with Gasteiger partial charge >= 0.3 is 0 Å². The maximum absolute atomic E-state index is 13.4. The SMILES string of the molecule is CSc1cccc(NC(=O)C2CCN(c3nc4ccc(F)cc4s3)CC2)c1. The fraction of sp³-hybridized carbons (Fsp3) is 0.300. The molecule has 27 heavy (non-hydrogen) atoms. The molecule has 1 aliphatic heterocycles. The number of thiazole rings is 1. The lowest BCUT2D eigenvalue weighted by Gasteiger charge is -2.31. The fourth-order valence-corrected chi connectivity index (χ4v) is 4.80. The monoisotopic (exact) mass is 401 g/mol. The van der Waals surface area contributed by atoms with Crippen LogP contribution in [0.5, 0.6) is 0 Å². The van der Waals surface area contributed by atoms with Gasteiger partial charge in [0, 0.05) is 29.6 Å². The van der Waals surface area contributed by atoms with Crippen LogP contribution in [0.25, 0.3) is 10.2 Å². The van der Waals surface area contributed by atoms with Crippen molar-refractivity contribution in [1.82, 2.24) is 4.98 Å². The molecule has 140 valence electrons. The Labute approximate surface area is 165 Å². The maximum Gasteiger partial charge on any atom is 0.227 e. The van der Waals surface area contributed by atoms with Crippen LogP contribution in [-0.4, -0.2) is 30.2 Å². The first-order valence-corrected chi connectivity index (χ1v) is 10.9. The van der Waals surface area contributed by atoms with Gasteiger partial charge in [-0.3, -0.25) is 4.79 Å². The molecule has 0 spiro atoms. The van der Waals surface area contributed by atoms with E-state index >= 15 is 0 Å². The molecule has 7 heteroatoms. The van der Waals surface area contributed by atoms with E-state index in [9.17, 15) is 9.18 Å². The number of anilines is 2. The zero-order valence-electron chi connectivity index (χ0n) is 14.9. The second kappa shape index (κ2) is 7.86. The van der Waals surface area contributed by atoms with Crippen LogP contribution >= 0.6 is 23.1 Å². The average Bonchev–Trinajstić information content (AvgIpc) is 3.11. The molecule has 0 atom stereocenters. The van der Waals surface area contributed by atoms with Crippen molar-refractivity contribution in [1.29, 1.82) is 0 Å². The second-order valence-electron chi connectivity index (χ2n) is 6.59. The molecule has 0 bridgehead atoms. The van der Waals surface area contributed by atoms with E-state index in [1.165, 1.54) is 23.5 Å². The molecular weight excluding hydrogens is 381 g/mol. The number of amides is 1. The summed E-state index contributed by atoms with van der Waals surface area (Å²) in [6.07, 6.45) is 3.60. The van der Waals surface area contributed by atoms with Crippen molar-refractivity contribution >= 4 is 50.0 Å². The van der Waals surface area contributed by atoms with Gasteiger partial charge in [0.2, 0.25) is 5.91 Å². The minimum Gasteiger partial charge on any atom is -0.348 e. The number of nitrogens with zero attached hydrogens (tertiary/aromatic N) is 2. The number of carbonyl (C=O) groups excluding carboxylic acids is 1. The van der Waals surface area contributed by atoms with Crippen molar-refractivity contribution in [3.63, 3.8) is 0 Å². The van der Waals surface area contributed by atoms with Crippen LogP contribution in [0, 0.1) is 11.7 Å². The van der Waals surface area contributed by atoms with Crippen molar-refractivity contribution in [3.8, 4) is 0 Å². The molecule has 0 radical (unpaired) electrons. The van der Waals surface area contributed by atoms with E-state index in [1.807, 2.05) is 30.5 Å². The van der Waals surface area contributed by atoms with Crippen LogP contribution in [0.3, 0.4) is 0 Å². The van der Waals surface area contributed by atoms with Crippen LogP contribution in [0.4, 0.5) is 15.2 Å². The van der Waals surface area contributed by atoms with Crippen molar-refractivity contribution in [2.24, 2.45) is 5.92 Å². The van der Waals surface area contributed by atoms with Crippen molar-refractivity contribution in [2.45, 2.75) is 17.7 Å². The molecule has 4 nitrogen and oxygen atoms in total. The summed E-state index contributed by atoms with van der Waals surface area (Å²) in [5.41, 5.74) is 1.67. The van der Waals surface area contributed by atoms with Gasteiger partial charge in [-0.25, -0.2) is 9.37 Å². The standard InChI is InChI=1S/C20H20FN3OS2/c1-26-16-4-2-3-15(12-16)22-19(25)13-7-9-24(10-8-13)20-23-17-6-5-14(21)11-18(17)27-20/h2-6,11-13H,7-10H2,1H3,(H,22,25). The number of thioether (sulfide) groups is 1. The molecular formula is C20H20FN3OS2. The van der Waals surface area contributed by atoms with Crippen LogP contribution in [0.15, 0.2) is 47.4 Å². The summed E-state index contributed by atoms with van der Waals surface area (Å²) in [4.78, 5) is 20.5. The van der Waals surface area contributed by atoms with Gasteiger partial charge in [-0.15, -0.1) is 11.8 Å². The largest absolute Gasteiger partial charge is 0.348 e. The zero-order valence-corrected chi connectivity index (χ0v) is 16.6. The van der Waals surface area contributed by atoms with Gasteiger partial charge in [-0.2, -0.15) is 0 Å². The molecule has 1 aromatic heterocycles. The predicted molar refractivity (Wildman–Crippen MR) is 111 cm³/mol. The summed E-state index contributed by atoms with van der Waals surface area (Å²) >= 11 is 3.17. The Morgan fingerprint density at radius 1 is 1.26 bits per heavy atom. The minimum absolute atomic E-state index is 0.00556. The van der Waals surface area contributed by atoms with E-state index in [-0.39, 0.29) is 17.6 Å². The number of halogens is 1. The van der Waals surface area contributed by atoms with Gasteiger partial charge in [-0.1, -0.05) is 17.4 Å². The van der Waals surface area contributed by atoms with Gasteiger partial charge in [0.1, 0.15) is 5.82 Å². The van der Waals surface area contributed by atoms with Gasteiger partial charge in [0.25, 0.3) is 0 Å². The lowest BCUT2D eigenvalue weighted by atomic mass is 9.96. The summed E-state index contributed by atoms with van der Waals surface area (Å²) in [6.45, 7) is 1.57. The molecule has 0 saturated carbocycles. The van der Waals surface area contributed by atoms with E-state index in [0.29, 0.717) is 0 Å². The second-order valence-corrected chi connectivity index (χ2v) is 8.48. The molecule has 1 fully saturated rings. The Hall–Kier alpha value is -2.12. The van der Waals surface area contributed by atoms with E-state index in [1.54, 1.807) is 17.8 Å². The third-order valence-electron chi connectivity index (χ3n) is 4.81. The Morgan fingerprint density at radius 3 is 2.85 bits per heavy atom. The van der Waals surface area contributed by atoms with Gasteiger partial charge in [0.15, 0.2) is 5.13 Å². The first-order valence-electron chi connectivity index (χ1n) is 8.88. The number of carbonyl (C=O) groups is 1. The minimum atomic E-state index is -0.237. The third-order valence-corrected chi connectivity index (χ3v) is 6.62. The molecule has 2 heterocycles. The first-order chi connectivity index (χ1) is 13.1. The van der Waals surface area contributed by atoms with E-state index in [2.05, 4.69) is 15.2 Å². The molecule has 4 rings (SSSR count). The fourth-order valence-electron chi connectivity index (χ4n) is 3.30. The molecule has 1 aliphatic rings. The Kier molecular flexibility index (Phi) is 5.31. The normalized spacial score (nSPS) is 15.3. The molecule has 1 N–H and O–H groups in total. The highest BCUT2D eigenvalue weighted by Crippen LogP contribution is 2.32. The highest BCUT2D eigenvalue weighted by atomic mass is 32.2. The highest BCUT2D eigenvalue weighted by molar-refractivity contribution is 7.98. The topological polar surface area (TPSA) is 45.2 Å². The van der Waals surface area contributed by atoms with Gasteiger partial charge < -0.3 is 10.2 Å². The van der Waals surface area contributed by atoms with E-state index in [4.69, 9.17) is 0 Å². The van der Waals surface area contributed by atoms with Crippen molar-refractivity contribution in [2.75, 3.05) is 29.6 Å². The summed E-state index contributed by atoms with van der Waals surface area (Å²) < 4.78 is 14.2. The number of piperidine rings is 1. The summed E-state index contributed by atoms with van der Waals surface area (Å²) in [5, 5.41) is 3.95. The maximum atomic E-state index is 13.4. The molecule has 0 unspecified atom stereocenters. The third kappa shape index (κ3) is 4.09. The molecule has 1 saturated heterocycles. The number of hydrogen-bond donors (Lipinski definition) is 1. The van der Waals surface area contributed by atoms with E-state index < -0.39 is 0 Å². The van der Waals surface area contributed by atoms with Crippen molar-refractivity contribution in [3.05, 3.63) is 48.3 Å². The summed E-state index contributed by atoms with van der Waals surface area (Å²) in [6, 6.07) is 12.6. The predicted octanol–water partition coefficient (Wildman–Crippen LogP) is 5.01. The highest BCUT2D eigenvalue weighted by Gasteiger charge is 2.26. The smallest absolute Gasteiger partial charge is 0.227 e. The van der Waals surface area contributed by atoms with Crippen LogP contribution in [0.1, 0.15) is 12.8 Å². The van der Waals surface area contributed by atoms with Crippen LogP contribution < -0.4 is 10.2 Å². The Bertz CT molecular complexity index is 967. The quantitative estimate of drug-likeness (QED) is 0.624. The molecule has 2 aromatic carbocycles. The number of nitrogens with one attached hydrogen (secondary N) is 1. The molecule has 1 amide bonds. The van der Waals surface area contributed by atoms with Crippen molar-refractivity contribution < 1.29 is 9.18 Å². The Balaban J connectivity index is 1.38.